The van der Waals surface area contributed by atoms with Crippen molar-refractivity contribution in [1.29, 1.82) is 0 Å². The van der Waals surface area contributed by atoms with E-state index in [0.29, 0.717) is 0 Å². The van der Waals surface area contributed by atoms with Crippen LogP contribution >= 0.6 is 11.6 Å². The van der Waals surface area contributed by atoms with Crippen molar-refractivity contribution in [1.82, 2.24) is 0 Å². The van der Waals surface area contributed by atoms with Gasteiger partial charge in [-0.15, -0.1) is 11.6 Å². The van der Waals surface area contributed by atoms with Gasteiger partial charge in [0, 0.05) is 0 Å². The van der Waals surface area contributed by atoms with E-state index < -0.39 is 0 Å². The van der Waals surface area contributed by atoms with Crippen molar-refractivity contribution in [3.63, 3.8) is 0 Å². The lowest BCUT2D eigenvalue weighted by molar-refractivity contribution is 0.242. The third-order valence-electron chi connectivity index (χ3n) is 2.34. The van der Waals surface area contributed by atoms with Crippen LogP contribution in [0.2, 0.25) is 0 Å². The van der Waals surface area contributed by atoms with E-state index in [0.717, 1.165) is 17.1 Å². The lowest BCUT2D eigenvalue weighted by Crippen LogP contribution is -2.05. The summed E-state index contributed by atoms with van der Waals surface area (Å²) in [6.45, 7) is 4.00. The van der Waals surface area contributed by atoms with Crippen molar-refractivity contribution < 1.29 is 9.15 Å². The molecule has 0 amide bonds. The van der Waals surface area contributed by atoms with E-state index in [1.54, 1.807) is 6.26 Å². The maximum Gasteiger partial charge on any atom is 0.126 e. The first-order valence-electron chi connectivity index (χ1n) is 5.61. The van der Waals surface area contributed by atoms with Gasteiger partial charge in [-0.3, -0.25) is 0 Å². The Balaban J connectivity index is 2.12. The SMILES string of the molecule is CC(C)Oc1ccc(C(Cl)c2ccco2)cc1. The summed E-state index contributed by atoms with van der Waals surface area (Å²) in [5.74, 6) is 1.61. The number of hydrogen-bond acceptors (Lipinski definition) is 2. The number of hydrogen-bond donors (Lipinski definition) is 0. The molecule has 2 aromatic rings. The van der Waals surface area contributed by atoms with Gasteiger partial charge in [-0.05, 0) is 43.7 Å². The van der Waals surface area contributed by atoms with Gasteiger partial charge in [-0.25, -0.2) is 0 Å². The van der Waals surface area contributed by atoms with E-state index in [1.165, 1.54) is 0 Å². The molecule has 1 aromatic carbocycles. The van der Waals surface area contributed by atoms with E-state index in [1.807, 2.05) is 50.2 Å². The van der Waals surface area contributed by atoms with Crippen LogP contribution in [0.25, 0.3) is 0 Å². The zero-order chi connectivity index (χ0) is 12.3. The first kappa shape index (κ1) is 12.1. The Morgan fingerprint density at radius 3 is 2.35 bits per heavy atom. The summed E-state index contributed by atoms with van der Waals surface area (Å²) in [6, 6.07) is 11.5. The largest absolute Gasteiger partial charge is 0.491 e. The van der Waals surface area contributed by atoms with Crippen LogP contribution in [0.1, 0.15) is 30.5 Å². The maximum absolute atomic E-state index is 6.30. The Morgan fingerprint density at radius 1 is 1.12 bits per heavy atom. The van der Waals surface area contributed by atoms with Gasteiger partial charge in [-0.1, -0.05) is 12.1 Å². The average Bonchev–Trinajstić information content (AvgIpc) is 2.82. The topological polar surface area (TPSA) is 22.4 Å². The van der Waals surface area contributed by atoms with Gasteiger partial charge in [0.05, 0.1) is 12.4 Å². The fraction of sp³-hybridized carbons (Fsp3) is 0.286. The molecule has 17 heavy (non-hydrogen) atoms. The van der Waals surface area contributed by atoms with Gasteiger partial charge in [0.15, 0.2) is 0 Å². The molecule has 0 spiro atoms. The molecule has 90 valence electrons. The maximum atomic E-state index is 6.30. The number of furan rings is 1. The van der Waals surface area contributed by atoms with Crippen LogP contribution in [0, 0.1) is 0 Å². The van der Waals surface area contributed by atoms with Gasteiger partial charge < -0.3 is 9.15 Å². The average molecular weight is 251 g/mol. The van der Waals surface area contributed by atoms with Gasteiger partial charge in [0.1, 0.15) is 16.9 Å². The summed E-state index contributed by atoms with van der Waals surface area (Å²) in [6.07, 6.45) is 1.80. The molecule has 3 heteroatoms. The smallest absolute Gasteiger partial charge is 0.126 e. The molecule has 2 rings (SSSR count). The first-order valence-corrected chi connectivity index (χ1v) is 6.04. The minimum Gasteiger partial charge on any atom is -0.491 e. The lowest BCUT2D eigenvalue weighted by atomic mass is 10.1. The van der Waals surface area contributed by atoms with Crippen LogP contribution in [0.15, 0.2) is 47.1 Å². The molecule has 0 aliphatic carbocycles. The molecule has 0 saturated carbocycles. The zero-order valence-corrected chi connectivity index (χ0v) is 10.6. The van der Waals surface area contributed by atoms with Crippen LogP contribution in [0.3, 0.4) is 0 Å². The molecule has 1 unspecified atom stereocenters. The Bertz CT molecular complexity index is 446. The van der Waals surface area contributed by atoms with Crippen molar-refractivity contribution >= 4 is 11.6 Å². The van der Waals surface area contributed by atoms with E-state index >= 15 is 0 Å². The molecule has 0 fully saturated rings. The molecule has 0 bridgehead atoms. The Labute approximate surface area is 106 Å². The summed E-state index contributed by atoms with van der Waals surface area (Å²) in [7, 11) is 0. The number of ether oxygens (including phenoxy) is 1. The number of halogens is 1. The molecule has 0 radical (unpaired) electrons. The van der Waals surface area contributed by atoms with E-state index in [2.05, 4.69) is 0 Å². The summed E-state index contributed by atoms with van der Waals surface area (Å²) in [5.41, 5.74) is 0.998. The predicted molar refractivity (Wildman–Crippen MR) is 68.6 cm³/mol. The third kappa shape index (κ3) is 3.04. The number of benzene rings is 1. The summed E-state index contributed by atoms with van der Waals surface area (Å²) in [4.78, 5) is 0. The van der Waals surface area contributed by atoms with Crippen molar-refractivity contribution in [3.05, 3.63) is 54.0 Å². The Hall–Kier alpha value is -1.41. The molecule has 1 heterocycles. The highest BCUT2D eigenvalue weighted by Crippen LogP contribution is 2.30. The second kappa shape index (κ2) is 5.28. The van der Waals surface area contributed by atoms with Crippen LogP contribution in [0.5, 0.6) is 5.75 Å². The number of alkyl halides is 1. The summed E-state index contributed by atoms with van der Waals surface area (Å²) < 4.78 is 10.9. The highest BCUT2D eigenvalue weighted by Gasteiger charge is 2.13. The summed E-state index contributed by atoms with van der Waals surface area (Å²) >= 11 is 6.30. The standard InChI is InChI=1S/C14H15ClO2/c1-10(2)17-12-7-5-11(6-8-12)14(15)13-4-3-9-16-13/h3-10,14H,1-2H3. The molecular weight excluding hydrogens is 236 g/mol. The molecule has 0 N–H and O–H groups in total. The second-order valence-electron chi connectivity index (χ2n) is 4.11. The summed E-state index contributed by atoms with van der Waals surface area (Å²) in [5, 5.41) is -0.252. The first-order chi connectivity index (χ1) is 8.16. The lowest BCUT2D eigenvalue weighted by Gasteiger charge is -2.11. The van der Waals surface area contributed by atoms with E-state index in [9.17, 15) is 0 Å². The van der Waals surface area contributed by atoms with Gasteiger partial charge >= 0.3 is 0 Å². The minimum atomic E-state index is -0.252. The predicted octanol–water partition coefficient (Wildman–Crippen LogP) is 4.40. The minimum absolute atomic E-state index is 0.178. The van der Waals surface area contributed by atoms with Gasteiger partial charge in [0.2, 0.25) is 0 Å². The Morgan fingerprint density at radius 2 is 1.82 bits per heavy atom. The van der Waals surface area contributed by atoms with Crippen LogP contribution in [-0.4, -0.2) is 6.10 Å². The molecule has 1 atom stereocenters. The number of rotatable bonds is 4. The van der Waals surface area contributed by atoms with Crippen molar-refractivity contribution in [3.8, 4) is 5.75 Å². The Kier molecular flexibility index (Phi) is 3.75. The molecule has 2 nitrogen and oxygen atoms in total. The van der Waals surface area contributed by atoms with Gasteiger partial charge in [0.25, 0.3) is 0 Å². The second-order valence-corrected chi connectivity index (χ2v) is 4.55. The molecule has 0 saturated heterocycles. The molecule has 0 aliphatic rings. The quantitative estimate of drug-likeness (QED) is 0.751. The van der Waals surface area contributed by atoms with Gasteiger partial charge in [-0.2, -0.15) is 0 Å². The van der Waals surface area contributed by atoms with E-state index in [4.69, 9.17) is 20.8 Å². The van der Waals surface area contributed by atoms with Crippen LogP contribution in [0.4, 0.5) is 0 Å². The zero-order valence-electron chi connectivity index (χ0n) is 9.89. The highest BCUT2D eigenvalue weighted by molar-refractivity contribution is 6.22. The van der Waals surface area contributed by atoms with Crippen molar-refractivity contribution in [2.75, 3.05) is 0 Å². The van der Waals surface area contributed by atoms with E-state index in [-0.39, 0.29) is 11.5 Å². The monoisotopic (exact) mass is 250 g/mol. The fourth-order valence-corrected chi connectivity index (χ4v) is 1.86. The van der Waals surface area contributed by atoms with Crippen molar-refractivity contribution in [2.45, 2.75) is 25.3 Å². The third-order valence-corrected chi connectivity index (χ3v) is 2.80. The molecule has 1 aromatic heterocycles. The van der Waals surface area contributed by atoms with Crippen LogP contribution < -0.4 is 4.74 Å². The van der Waals surface area contributed by atoms with Crippen LogP contribution in [-0.2, 0) is 0 Å². The highest BCUT2D eigenvalue weighted by atomic mass is 35.5. The fourth-order valence-electron chi connectivity index (χ4n) is 1.59. The van der Waals surface area contributed by atoms with Crippen molar-refractivity contribution in [2.24, 2.45) is 0 Å². The molecular formula is C14H15ClO2. The molecule has 0 aliphatic heterocycles. The normalized spacial score (nSPS) is 12.7.